The van der Waals surface area contributed by atoms with E-state index < -0.39 is 5.60 Å². The fourth-order valence-electron chi connectivity index (χ4n) is 2.53. The van der Waals surface area contributed by atoms with Crippen molar-refractivity contribution in [3.8, 4) is 0 Å². The van der Waals surface area contributed by atoms with Gasteiger partial charge in [-0.1, -0.05) is 11.3 Å². The first-order chi connectivity index (χ1) is 10.8. The van der Waals surface area contributed by atoms with Gasteiger partial charge in [-0.05, 0) is 56.2 Å². The molecule has 0 spiro atoms. The lowest BCUT2D eigenvalue weighted by Crippen LogP contribution is -2.49. The summed E-state index contributed by atoms with van der Waals surface area (Å²) in [4.78, 5) is 19.5. The van der Waals surface area contributed by atoms with E-state index in [4.69, 9.17) is 4.74 Å². The van der Waals surface area contributed by atoms with Gasteiger partial charge >= 0.3 is 6.09 Å². The van der Waals surface area contributed by atoms with Crippen molar-refractivity contribution in [3.05, 3.63) is 9.90 Å². The predicted octanol–water partition coefficient (Wildman–Crippen LogP) is 2.89. The average Bonchev–Trinajstić information content (AvgIpc) is 2.93. The van der Waals surface area contributed by atoms with E-state index in [1.54, 1.807) is 11.3 Å². The zero-order chi connectivity index (χ0) is 16.6. The zero-order valence-electron chi connectivity index (χ0n) is 13.4. The highest BCUT2D eigenvalue weighted by Gasteiger charge is 2.26. The molecule has 1 aliphatic heterocycles. The fraction of sp³-hybridized carbons (Fsp3) is 0.643. The monoisotopic (exact) mass is 449 g/mol. The first kappa shape index (κ1) is 16.7. The van der Waals surface area contributed by atoms with Gasteiger partial charge in [-0.3, -0.25) is 0 Å². The highest BCUT2D eigenvalue weighted by atomic mass is 127. The molecular weight excluding hydrogens is 429 g/mol. The van der Waals surface area contributed by atoms with E-state index in [1.165, 1.54) is 0 Å². The van der Waals surface area contributed by atoms with Crippen molar-refractivity contribution in [2.45, 2.75) is 45.3 Å². The van der Waals surface area contributed by atoms with Crippen molar-refractivity contribution in [2.75, 3.05) is 18.0 Å². The molecule has 9 heteroatoms. The predicted molar refractivity (Wildman–Crippen MR) is 98.2 cm³/mol. The SMILES string of the molecule is CC(C)(C)OC(=O)NC1CCCN(c2nn3cc(I)nc3s2)C1. The van der Waals surface area contributed by atoms with E-state index in [1.807, 2.05) is 31.5 Å². The van der Waals surface area contributed by atoms with E-state index in [0.717, 1.165) is 39.7 Å². The van der Waals surface area contributed by atoms with Crippen molar-refractivity contribution in [1.29, 1.82) is 0 Å². The molecule has 1 amide bonds. The smallest absolute Gasteiger partial charge is 0.407 e. The number of aromatic nitrogens is 3. The molecule has 1 N–H and O–H groups in total. The molecule has 1 atom stereocenters. The number of imidazole rings is 1. The van der Waals surface area contributed by atoms with Gasteiger partial charge in [0.1, 0.15) is 9.30 Å². The minimum atomic E-state index is -0.476. The van der Waals surface area contributed by atoms with Crippen LogP contribution in [0.1, 0.15) is 33.6 Å². The maximum absolute atomic E-state index is 11.9. The number of halogens is 1. The number of hydrogen-bond acceptors (Lipinski definition) is 6. The molecule has 2 aromatic heterocycles. The van der Waals surface area contributed by atoms with E-state index in [2.05, 4.69) is 42.9 Å². The van der Waals surface area contributed by atoms with E-state index in [0.29, 0.717) is 0 Å². The minimum absolute atomic E-state index is 0.0787. The summed E-state index contributed by atoms with van der Waals surface area (Å²) in [6.07, 6.45) is 3.53. The third kappa shape index (κ3) is 4.25. The number of carbonyl (C=O) groups is 1. The number of ether oxygens (including phenoxy) is 1. The number of amides is 1. The molecule has 3 heterocycles. The van der Waals surface area contributed by atoms with E-state index >= 15 is 0 Å². The molecule has 7 nitrogen and oxygen atoms in total. The molecule has 1 saturated heterocycles. The Morgan fingerprint density at radius 2 is 2.30 bits per heavy atom. The van der Waals surface area contributed by atoms with Crippen LogP contribution in [0.25, 0.3) is 4.96 Å². The number of nitrogens with one attached hydrogen (secondary N) is 1. The summed E-state index contributed by atoms with van der Waals surface area (Å²) in [5, 5.41) is 8.49. The van der Waals surface area contributed by atoms with Gasteiger partial charge in [0, 0.05) is 19.1 Å². The summed E-state index contributed by atoms with van der Waals surface area (Å²) in [6.45, 7) is 7.29. The summed E-state index contributed by atoms with van der Waals surface area (Å²) >= 11 is 3.76. The molecule has 1 aliphatic rings. The van der Waals surface area contributed by atoms with Crippen LogP contribution in [0.3, 0.4) is 0 Å². The van der Waals surface area contributed by atoms with Gasteiger partial charge in [-0.15, -0.1) is 5.10 Å². The van der Waals surface area contributed by atoms with Gasteiger partial charge in [0.05, 0.1) is 6.20 Å². The molecule has 0 aromatic carbocycles. The van der Waals surface area contributed by atoms with Gasteiger partial charge in [0.2, 0.25) is 10.1 Å². The number of alkyl carbamates (subject to hydrolysis) is 1. The normalized spacial score (nSPS) is 19.1. The third-order valence-corrected chi connectivity index (χ3v) is 4.92. The average molecular weight is 449 g/mol. The molecule has 23 heavy (non-hydrogen) atoms. The maximum Gasteiger partial charge on any atom is 0.407 e. The highest BCUT2D eigenvalue weighted by molar-refractivity contribution is 14.1. The van der Waals surface area contributed by atoms with Gasteiger partial charge in [-0.2, -0.15) is 0 Å². The molecule has 1 unspecified atom stereocenters. The van der Waals surface area contributed by atoms with Crippen LogP contribution in [-0.2, 0) is 4.74 Å². The molecule has 126 valence electrons. The third-order valence-electron chi connectivity index (χ3n) is 3.42. The fourth-order valence-corrected chi connectivity index (χ4v) is 4.11. The Morgan fingerprint density at radius 3 is 3.00 bits per heavy atom. The molecule has 2 aromatic rings. The van der Waals surface area contributed by atoms with Crippen LogP contribution in [0.4, 0.5) is 9.93 Å². The second kappa shape index (κ2) is 6.42. The Hall–Kier alpha value is -1.10. The summed E-state index contributed by atoms with van der Waals surface area (Å²) in [5.74, 6) is 0. The number of nitrogens with zero attached hydrogens (tertiary/aromatic N) is 4. The van der Waals surface area contributed by atoms with Crippen molar-refractivity contribution in [3.63, 3.8) is 0 Å². The van der Waals surface area contributed by atoms with Gasteiger partial charge in [0.15, 0.2) is 0 Å². The van der Waals surface area contributed by atoms with Crippen molar-refractivity contribution in [2.24, 2.45) is 0 Å². The van der Waals surface area contributed by atoms with Crippen LogP contribution in [-0.4, -0.2) is 45.4 Å². The van der Waals surface area contributed by atoms with Crippen LogP contribution >= 0.6 is 33.9 Å². The van der Waals surface area contributed by atoms with Crippen LogP contribution in [0, 0.1) is 3.70 Å². The Balaban J connectivity index is 1.63. The van der Waals surface area contributed by atoms with E-state index in [-0.39, 0.29) is 12.1 Å². The van der Waals surface area contributed by atoms with Gasteiger partial charge < -0.3 is 15.0 Å². The number of anilines is 1. The maximum atomic E-state index is 11.9. The number of hydrogen-bond donors (Lipinski definition) is 1. The van der Waals surface area contributed by atoms with Crippen LogP contribution in [0.15, 0.2) is 6.20 Å². The molecular formula is C14H20IN5O2S. The zero-order valence-corrected chi connectivity index (χ0v) is 16.3. The summed E-state index contributed by atoms with van der Waals surface area (Å²) < 4.78 is 8.09. The molecule has 0 aliphatic carbocycles. The van der Waals surface area contributed by atoms with Crippen molar-refractivity contribution < 1.29 is 9.53 Å². The number of fused-ring (bicyclic) bond motifs is 1. The lowest BCUT2D eigenvalue weighted by atomic mass is 10.1. The summed E-state index contributed by atoms with van der Waals surface area (Å²) in [6, 6.07) is 0.0787. The second-order valence-corrected chi connectivity index (χ2v) is 8.65. The number of carbonyl (C=O) groups excluding carboxylic acids is 1. The molecule has 0 radical (unpaired) electrons. The Bertz CT molecular complexity index is 676. The largest absolute Gasteiger partial charge is 0.444 e. The lowest BCUT2D eigenvalue weighted by Gasteiger charge is -2.33. The first-order valence-corrected chi connectivity index (χ1v) is 9.46. The van der Waals surface area contributed by atoms with Crippen molar-refractivity contribution in [1.82, 2.24) is 19.9 Å². The minimum Gasteiger partial charge on any atom is -0.444 e. The lowest BCUT2D eigenvalue weighted by molar-refractivity contribution is 0.0500. The highest BCUT2D eigenvalue weighted by Crippen LogP contribution is 2.26. The van der Waals surface area contributed by atoms with Crippen molar-refractivity contribution >= 4 is 50.1 Å². The Morgan fingerprint density at radius 1 is 1.52 bits per heavy atom. The standard InChI is InChI=1S/C14H20IN5O2S/c1-14(2,3)22-13(21)16-9-5-4-6-19(7-9)12-18-20-8-10(15)17-11(20)23-12/h8-9H,4-7H2,1-3H3,(H,16,21). The topological polar surface area (TPSA) is 71.8 Å². The van der Waals surface area contributed by atoms with E-state index in [9.17, 15) is 4.79 Å². The molecule has 0 bridgehead atoms. The van der Waals surface area contributed by atoms with Crippen LogP contribution in [0.2, 0.25) is 0 Å². The number of rotatable bonds is 2. The van der Waals surface area contributed by atoms with Gasteiger partial charge in [0.25, 0.3) is 0 Å². The summed E-state index contributed by atoms with van der Waals surface area (Å²) in [7, 11) is 0. The molecule has 3 rings (SSSR count). The Kier molecular flexibility index (Phi) is 4.68. The molecule has 0 saturated carbocycles. The van der Waals surface area contributed by atoms with Crippen LogP contribution < -0.4 is 10.2 Å². The Labute approximate surface area is 152 Å². The number of piperidine rings is 1. The summed E-state index contributed by atoms with van der Waals surface area (Å²) in [5.41, 5.74) is -0.476. The first-order valence-electron chi connectivity index (χ1n) is 7.56. The quantitative estimate of drug-likeness (QED) is 0.715. The molecule has 1 fully saturated rings. The second-order valence-electron chi connectivity index (χ2n) is 6.61. The van der Waals surface area contributed by atoms with Gasteiger partial charge in [-0.25, -0.2) is 14.3 Å². The van der Waals surface area contributed by atoms with Crippen LogP contribution in [0.5, 0.6) is 0 Å².